The van der Waals surface area contributed by atoms with Crippen molar-refractivity contribution in [2.45, 2.75) is 4.90 Å². The van der Waals surface area contributed by atoms with Gasteiger partial charge in [0.15, 0.2) is 0 Å². The molecule has 2 rings (SSSR count). The normalized spacial score (nSPS) is 13.4. The lowest BCUT2D eigenvalue weighted by atomic mass is 10.2. The van der Waals surface area contributed by atoms with Crippen LogP contribution in [0.3, 0.4) is 0 Å². The molecule has 8 nitrogen and oxygen atoms in total. The standard InChI is InChI=1S/C13H17N3O5S/c17-6-7-21-13(18)14-3-4-15-5-8-22-12-9-10(16(19)20)1-2-11(12)15/h1-2,9,17H,3-8H2,(H,14,18). The van der Waals surface area contributed by atoms with E-state index in [0.717, 1.165) is 22.9 Å². The Morgan fingerprint density at radius 2 is 2.36 bits per heavy atom. The maximum atomic E-state index is 11.3. The summed E-state index contributed by atoms with van der Waals surface area (Å²) in [6.07, 6.45) is -0.565. The van der Waals surface area contributed by atoms with Crippen LogP contribution in [0.25, 0.3) is 0 Å². The molecule has 9 heteroatoms. The molecule has 0 saturated carbocycles. The highest BCUT2D eigenvalue weighted by molar-refractivity contribution is 7.99. The molecule has 120 valence electrons. The average Bonchev–Trinajstić information content (AvgIpc) is 2.52. The fourth-order valence-corrected chi connectivity index (χ4v) is 3.17. The summed E-state index contributed by atoms with van der Waals surface area (Å²) in [5, 5.41) is 22.0. The van der Waals surface area contributed by atoms with Crippen molar-refractivity contribution in [2.75, 3.05) is 43.5 Å². The number of nitrogens with zero attached hydrogens (tertiary/aromatic N) is 2. The Bertz CT molecular complexity index is 554. The summed E-state index contributed by atoms with van der Waals surface area (Å²) in [5.41, 5.74) is 1.02. The van der Waals surface area contributed by atoms with Crippen molar-refractivity contribution in [1.82, 2.24) is 5.32 Å². The smallest absolute Gasteiger partial charge is 0.407 e. The highest BCUT2D eigenvalue weighted by atomic mass is 32.2. The van der Waals surface area contributed by atoms with Gasteiger partial charge in [-0.25, -0.2) is 4.79 Å². The second-order valence-corrected chi connectivity index (χ2v) is 5.67. The zero-order chi connectivity index (χ0) is 15.9. The van der Waals surface area contributed by atoms with Crippen LogP contribution < -0.4 is 10.2 Å². The van der Waals surface area contributed by atoms with E-state index in [1.54, 1.807) is 23.9 Å². The Kier molecular flexibility index (Phi) is 5.84. The number of aliphatic hydroxyl groups excluding tert-OH is 1. The summed E-state index contributed by atoms with van der Waals surface area (Å²) in [7, 11) is 0. The Balaban J connectivity index is 1.92. The number of thioether (sulfide) groups is 1. The van der Waals surface area contributed by atoms with Crippen LogP contribution in [-0.4, -0.2) is 54.7 Å². The van der Waals surface area contributed by atoms with E-state index in [0.29, 0.717) is 13.1 Å². The minimum atomic E-state index is -0.565. The molecule has 22 heavy (non-hydrogen) atoms. The maximum absolute atomic E-state index is 11.3. The van der Waals surface area contributed by atoms with Crippen LogP contribution in [0.15, 0.2) is 23.1 Å². The van der Waals surface area contributed by atoms with Crippen molar-refractivity contribution in [3.63, 3.8) is 0 Å². The van der Waals surface area contributed by atoms with Gasteiger partial charge in [0.05, 0.1) is 17.2 Å². The molecule has 1 aromatic rings. The Morgan fingerprint density at radius 1 is 1.55 bits per heavy atom. The van der Waals surface area contributed by atoms with Crippen molar-refractivity contribution in [2.24, 2.45) is 0 Å². The van der Waals surface area contributed by atoms with Gasteiger partial charge in [0.25, 0.3) is 5.69 Å². The molecule has 0 aliphatic carbocycles. The number of benzene rings is 1. The Morgan fingerprint density at radius 3 is 3.09 bits per heavy atom. The molecule has 1 aliphatic rings. The van der Waals surface area contributed by atoms with Crippen molar-refractivity contribution >= 4 is 29.2 Å². The molecule has 0 spiro atoms. The van der Waals surface area contributed by atoms with Gasteiger partial charge in [0.2, 0.25) is 0 Å². The van der Waals surface area contributed by atoms with Crippen molar-refractivity contribution in [3.05, 3.63) is 28.3 Å². The van der Waals surface area contributed by atoms with Gasteiger partial charge in [-0.15, -0.1) is 11.8 Å². The molecule has 2 N–H and O–H groups in total. The zero-order valence-electron chi connectivity index (χ0n) is 11.9. The molecule has 1 heterocycles. The lowest BCUT2D eigenvalue weighted by molar-refractivity contribution is -0.385. The molecule has 0 radical (unpaired) electrons. The van der Waals surface area contributed by atoms with Crippen LogP contribution in [0.1, 0.15) is 0 Å². The summed E-state index contributed by atoms with van der Waals surface area (Å²) in [4.78, 5) is 24.6. The molecule has 0 aromatic heterocycles. The number of carbonyl (C=O) groups excluding carboxylic acids is 1. The average molecular weight is 327 g/mol. The number of rotatable bonds is 6. The van der Waals surface area contributed by atoms with Gasteiger partial charge in [-0.1, -0.05) is 0 Å². The second kappa shape index (κ2) is 7.85. The monoisotopic (exact) mass is 327 g/mol. The maximum Gasteiger partial charge on any atom is 0.407 e. The van der Waals surface area contributed by atoms with E-state index in [2.05, 4.69) is 10.2 Å². The molecule has 0 bridgehead atoms. The fourth-order valence-electron chi connectivity index (χ4n) is 2.09. The number of amides is 1. The van der Waals surface area contributed by atoms with E-state index in [9.17, 15) is 14.9 Å². The molecule has 1 aromatic carbocycles. The van der Waals surface area contributed by atoms with Crippen LogP contribution in [-0.2, 0) is 4.74 Å². The predicted octanol–water partition coefficient (Wildman–Crippen LogP) is 1.23. The summed E-state index contributed by atoms with van der Waals surface area (Å²) in [5.74, 6) is 0.836. The molecule has 1 amide bonds. The van der Waals surface area contributed by atoms with Crippen LogP contribution >= 0.6 is 11.8 Å². The number of fused-ring (bicyclic) bond motifs is 1. The fraction of sp³-hybridized carbons (Fsp3) is 0.462. The van der Waals surface area contributed by atoms with E-state index in [4.69, 9.17) is 9.84 Å². The molecule has 0 atom stereocenters. The summed E-state index contributed by atoms with van der Waals surface area (Å²) in [6, 6.07) is 4.81. The zero-order valence-corrected chi connectivity index (χ0v) is 12.7. The number of hydrogen-bond acceptors (Lipinski definition) is 7. The number of ether oxygens (including phenoxy) is 1. The number of non-ortho nitro benzene ring substituents is 1. The van der Waals surface area contributed by atoms with E-state index in [1.165, 1.54) is 6.07 Å². The summed E-state index contributed by atoms with van der Waals surface area (Å²) >= 11 is 1.59. The lowest BCUT2D eigenvalue weighted by Crippen LogP contribution is -2.38. The van der Waals surface area contributed by atoms with Crippen LogP contribution in [0.4, 0.5) is 16.2 Å². The van der Waals surface area contributed by atoms with E-state index in [1.807, 2.05) is 0 Å². The third kappa shape index (κ3) is 4.25. The van der Waals surface area contributed by atoms with Gasteiger partial charge in [0.1, 0.15) is 6.61 Å². The van der Waals surface area contributed by atoms with Crippen LogP contribution in [0, 0.1) is 10.1 Å². The lowest BCUT2D eigenvalue weighted by Gasteiger charge is -2.30. The number of carbonyl (C=O) groups is 1. The van der Waals surface area contributed by atoms with Crippen molar-refractivity contribution < 1.29 is 19.6 Å². The van der Waals surface area contributed by atoms with Gasteiger partial charge < -0.3 is 20.1 Å². The Hall–Kier alpha value is -2.00. The quantitative estimate of drug-likeness (QED) is 0.598. The van der Waals surface area contributed by atoms with Crippen LogP contribution in [0.5, 0.6) is 0 Å². The van der Waals surface area contributed by atoms with Crippen LogP contribution in [0.2, 0.25) is 0 Å². The highest BCUT2D eigenvalue weighted by Gasteiger charge is 2.20. The first kappa shape index (κ1) is 16.4. The molecular weight excluding hydrogens is 310 g/mol. The third-order valence-corrected chi connectivity index (χ3v) is 4.11. The van der Waals surface area contributed by atoms with Gasteiger partial charge >= 0.3 is 6.09 Å². The van der Waals surface area contributed by atoms with Crippen molar-refractivity contribution in [3.8, 4) is 0 Å². The molecule has 0 saturated heterocycles. The predicted molar refractivity (Wildman–Crippen MR) is 82.5 cm³/mol. The van der Waals surface area contributed by atoms with Crippen molar-refractivity contribution in [1.29, 1.82) is 0 Å². The number of aliphatic hydroxyl groups is 1. The topological polar surface area (TPSA) is 105 Å². The third-order valence-electron chi connectivity index (χ3n) is 3.09. The van der Waals surface area contributed by atoms with E-state index >= 15 is 0 Å². The highest BCUT2D eigenvalue weighted by Crippen LogP contribution is 2.36. The minimum absolute atomic E-state index is 0.0291. The minimum Gasteiger partial charge on any atom is -0.447 e. The first-order chi connectivity index (χ1) is 10.6. The number of nitro benzene ring substituents is 1. The number of nitro groups is 1. The summed E-state index contributed by atoms with van der Waals surface area (Å²) in [6.45, 7) is 1.55. The van der Waals surface area contributed by atoms with Gasteiger partial charge in [-0.3, -0.25) is 10.1 Å². The first-order valence-corrected chi connectivity index (χ1v) is 7.78. The van der Waals surface area contributed by atoms with Gasteiger partial charge in [0, 0.05) is 42.4 Å². The molecular formula is C13H17N3O5S. The second-order valence-electron chi connectivity index (χ2n) is 4.53. The number of hydrogen-bond donors (Lipinski definition) is 2. The number of alkyl carbamates (subject to hydrolysis) is 1. The largest absolute Gasteiger partial charge is 0.447 e. The Labute approximate surface area is 131 Å². The van der Waals surface area contributed by atoms with Gasteiger partial charge in [-0.05, 0) is 6.07 Å². The first-order valence-electron chi connectivity index (χ1n) is 6.79. The van der Waals surface area contributed by atoms with E-state index < -0.39 is 11.0 Å². The SMILES string of the molecule is O=C(NCCN1CCSc2cc([N+](=O)[O-])ccc21)OCCO. The summed E-state index contributed by atoms with van der Waals surface area (Å²) < 4.78 is 4.69. The molecule has 0 fully saturated rings. The molecule has 0 unspecified atom stereocenters. The molecule has 1 aliphatic heterocycles. The van der Waals surface area contributed by atoms with E-state index in [-0.39, 0.29) is 18.9 Å². The van der Waals surface area contributed by atoms with Gasteiger partial charge in [-0.2, -0.15) is 0 Å². The number of anilines is 1. The number of nitrogens with one attached hydrogen (secondary N) is 1.